The zero-order valence-electron chi connectivity index (χ0n) is 19.0. The van der Waals surface area contributed by atoms with Crippen molar-refractivity contribution in [3.63, 3.8) is 0 Å². The summed E-state index contributed by atoms with van der Waals surface area (Å²) >= 11 is 5.04. The van der Waals surface area contributed by atoms with Gasteiger partial charge in [-0.25, -0.2) is 0 Å². The minimum Gasteiger partial charge on any atom is -0.352 e. The number of hydrogen-bond acceptors (Lipinski definition) is 3. The minimum absolute atomic E-state index is 0.0000815. The van der Waals surface area contributed by atoms with Gasteiger partial charge in [0.05, 0.1) is 5.75 Å². The molecule has 0 spiro atoms. The summed E-state index contributed by atoms with van der Waals surface area (Å²) in [4.78, 5) is 28.0. The van der Waals surface area contributed by atoms with Crippen molar-refractivity contribution in [1.82, 2.24) is 10.2 Å². The van der Waals surface area contributed by atoms with Crippen LogP contribution in [0.25, 0.3) is 0 Å². The third kappa shape index (κ3) is 7.66. The van der Waals surface area contributed by atoms with Crippen LogP contribution in [0.15, 0.2) is 53.0 Å². The molecule has 1 aliphatic rings. The summed E-state index contributed by atoms with van der Waals surface area (Å²) in [5, 5.41) is 3.19. The Kier molecular flexibility index (Phi) is 9.67. The van der Waals surface area contributed by atoms with Crippen molar-refractivity contribution in [1.29, 1.82) is 0 Å². The van der Waals surface area contributed by atoms with Gasteiger partial charge in [0, 0.05) is 22.8 Å². The van der Waals surface area contributed by atoms with Gasteiger partial charge in [-0.2, -0.15) is 0 Å². The lowest BCUT2D eigenvalue weighted by molar-refractivity contribution is -0.139. The van der Waals surface area contributed by atoms with Gasteiger partial charge in [-0.05, 0) is 49.9 Å². The molecular weight excluding hydrogens is 484 g/mol. The molecule has 1 fully saturated rings. The average molecular weight is 518 g/mol. The number of aryl methyl sites for hydroxylation is 1. The van der Waals surface area contributed by atoms with Gasteiger partial charge in [-0.3, -0.25) is 9.59 Å². The normalized spacial score (nSPS) is 15.2. The van der Waals surface area contributed by atoms with Crippen LogP contribution >= 0.6 is 27.7 Å². The van der Waals surface area contributed by atoms with Crippen LogP contribution in [0.4, 0.5) is 0 Å². The quantitative estimate of drug-likeness (QED) is 0.454. The first-order valence-electron chi connectivity index (χ1n) is 11.4. The highest BCUT2D eigenvalue weighted by Crippen LogP contribution is 2.20. The highest BCUT2D eigenvalue weighted by molar-refractivity contribution is 9.10. The van der Waals surface area contributed by atoms with Crippen molar-refractivity contribution in [2.45, 2.75) is 70.3 Å². The number of thioether (sulfide) groups is 1. The molecule has 4 nitrogen and oxygen atoms in total. The fourth-order valence-corrected chi connectivity index (χ4v) is 5.21. The van der Waals surface area contributed by atoms with Gasteiger partial charge >= 0.3 is 0 Å². The van der Waals surface area contributed by atoms with E-state index in [1.807, 2.05) is 44.2 Å². The van der Waals surface area contributed by atoms with E-state index in [0.29, 0.717) is 12.3 Å². The van der Waals surface area contributed by atoms with Gasteiger partial charge in [0.25, 0.3) is 0 Å². The molecule has 0 radical (unpaired) electrons. The highest BCUT2D eigenvalue weighted by Gasteiger charge is 2.28. The first kappa shape index (κ1) is 24.8. The van der Waals surface area contributed by atoms with E-state index in [1.165, 1.54) is 12.0 Å². The molecule has 1 aliphatic carbocycles. The summed E-state index contributed by atoms with van der Waals surface area (Å²) in [6.45, 7) is 4.34. The van der Waals surface area contributed by atoms with E-state index in [1.54, 1.807) is 16.7 Å². The topological polar surface area (TPSA) is 49.4 Å². The second kappa shape index (κ2) is 12.4. The number of halogens is 1. The monoisotopic (exact) mass is 516 g/mol. The summed E-state index contributed by atoms with van der Waals surface area (Å²) in [7, 11) is 0. The molecule has 6 heteroatoms. The fraction of sp³-hybridized carbons (Fsp3) is 0.462. The van der Waals surface area contributed by atoms with Gasteiger partial charge < -0.3 is 10.2 Å². The molecule has 0 bridgehead atoms. The van der Waals surface area contributed by atoms with E-state index in [2.05, 4.69) is 39.4 Å². The molecule has 3 rings (SSSR count). The molecule has 0 aromatic heterocycles. The summed E-state index contributed by atoms with van der Waals surface area (Å²) < 4.78 is 1.05. The minimum atomic E-state index is -0.502. The third-order valence-electron chi connectivity index (χ3n) is 5.96. The molecule has 1 N–H and O–H groups in total. The number of amides is 2. The Labute approximate surface area is 204 Å². The number of rotatable bonds is 9. The lowest BCUT2D eigenvalue weighted by atomic mass is 9.95. The fourth-order valence-electron chi connectivity index (χ4n) is 4.08. The first-order valence-corrected chi connectivity index (χ1v) is 13.3. The van der Waals surface area contributed by atoms with E-state index in [9.17, 15) is 9.59 Å². The predicted octanol–water partition coefficient (Wildman–Crippen LogP) is 5.86. The molecule has 1 saturated carbocycles. The van der Waals surface area contributed by atoms with Crippen LogP contribution in [0.3, 0.4) is 0 Å². The summed E-state index contributed by atoms with van der Waals surface area (Å²) in [6.07, 6.45) is 5.64. The van der Waals surface area contributed by atoms with Crippen molar-refractivity contribution in [2.75, 3.05) is 5.75 Å². The number of nitrogens with one attached hydrogen (secondary N) is 1. The van der Waals surface area contributed by atoms with E-state index < -0.39 is 6.04 Å². The zero-order chi connectivity index (χ0) is 22.9. The maximum Gasteiger partial charge on any atom is 0.242 e. The Balaban J connectivity index is 1.64. The Morgan fingerprint density at radius 2 is 1.81 bits per heavy atom. The van der Waals surface area contributed by atoms with Crippen LogP contribution in [0.2, 0.25) is 0 Å². The number of carbonyl (C=O) groups excluding carboxylic acids is 2. The SMILES string of the molecule is Cc1cccc(CN(C(=O)CSCc2ccc(Br)cc2)C(C)C(=O)NC2CCCCC2)c1. The summed E-state index contributed by atoms with van der Waals surface area (Å²) in [5.41, 5.74) is 3.38. The molecule has 1 unspecified atom stereocenters. The van der Waals surface area contributed by atoms with Crippen LogP contribution in [0.1, 0.15) is 55.7 Å². The average Bonchev–Trinajstić information content (AvgIpc) is 2.79. The van der Waals surface area contributed by atoms with E-state index in [4.69, 9.17) is 0 Å². The molecule has 0 aliphatic heterocycles. The van der Waals surface area contributed by atoms with Crippen molar-refractivity contribution < 1.29 is 9.59 Å². The van der Waals surface area contributed by atoms with Crippen LogP contribution < -0.4 is 5.32 Å². The largest absolute Gasteiger partial charge is 0.352 e. The van der Waals surface area contributed by atoms with Crippen molar-refractivity contribution in [3.8, 4) is 0 Å². The maximum absolute atomic E-state index is 13.2. The van der Waals surface area contributed by atoms with Gasteiger partial charge in [0.2, 0.25) is 11.8 Å². The molecule has 32 heavy (non-hydrogen) atoms. The molecule has 1 atom stereocenters. The van der Waals surface area contributed by atoms with Crippen molar-refractivity contribution >= 4 is 39.5 Å². The van der Waals surface area contributed by atoms with Gasteiger partial charge in [0.15, 0.2) is 0 Å². The molecule has 172 valence electrons. The molecule has 0 saturated heterocycles. The van der Waals surface area contributed by atoms with Crippen molar-refractivity contribution in [3.05, 3.63) is 69.7 Å². The summed E-state index contributed by atoms with van der Waals surface area (Å²) in [6, 6.07) is 16.0. The maximum atomic E-state index is 13.2. The molecule has 0 heterocycles. The van der Waals surface area contributed by atoms with E-state index >= 15 is 0 Å². The molecule has 2 amide bonds. The number of hydrogen-bond donors (Lipinski definition) is 1. The van der Waals surface area contributed by atoms with E-state index in [0.717, 1.165) is 47.0 Å². The Hall–Kier alpha value is -1.79. The highest BCUT2D eigenvalue weighted by atomic mass is 79.9. The van der Waals surface area contributed by atoms with Gasteiger partial charge in [0.1, 0.15) is 6.04 Å². The standard InChI is InChI=1S/C26H33BrN2O2S/c1-19-7-6-8-22(15-19)16-29(20(2)26(31)28-24-9-4-3-5-10-24)25(30)18-32-17-21-11-13-23(27)14-12-21/h6-8,11-15,20,24H,3-5,9-10,16-18H2,1-2H3,(H,28,31). The lowest BCUT2D eigenvalue weighted by Crippen LogP contribution is -2.50. The second-order valence-corrected chi connectivity index (χ2v) is 10.6. The number of benzene rings is 2. The Morgan fingerprint density at radius 3 is 2.50 bits per heavy atom. The zero-order valence-corrected chi connectivity index (χ0v) is 21.4. The Morgan fingerprint density at radius 1 is 1.09 bits per heavy atom. The molecular formula is C26H33BrN2O2S. The summed E-state index contributed by atoms with van der Waals surface area (Å²) in [5.74, 6) is 1.07. The molecule has 2 aromatic carbocycles. The molecule has 2 aromatic rings. The number of carbonyl (C=O) groups is 2. The van der Waals surface area contributed by atoms with E-state index in [-0.39, 0.29) is 17.9 Å². The number of nitrogens with zero attached hydrogens (tertiary/aromatic N) is 1. The van der Waals surface area contributed by atoms with Crippen LogP contribution in [-0.2, 0) is 21.9 Å². The first-order chi connectivity index (χ1) is 15.4. The van der Waals surface area contributed by atoms with Gasteiger partial charge in [-0.1, -0.05) is 77.2 Å². The second-order valence-electron chi connectivity index (χ2n) is 8.65. The van der Waals surface area contributed by atoms with Crippen LogP contribution in [-0.4, -0.2) is 34.6 Å². The third-order valence-corrected chi connectivity index (χ3v) is 7.48. The van der Waals surface area contributed by atoms with Gasteiger partial charge in [-0.15, -0.1) is 11.8 Å². The van der Waals surface area contributed by atoms with Crippen LogP contribution in [0.5, 0.6) is 0 Å². The smallest absolute Gasteiger partial charge is 0.242 e. The van der Waals surface area contributed by atoms with Crippen LogP contribution in [0, 0.1) is 6.92 Å². The Bertz CT molecular complexity index is 897. The predicted molar refractivity (Wildman–Crippen MR) is 137 cm³/mol. The lowest BCUT2D eigenvalue weighted by Gasteiger charge is -2.31. The van der Waals surface area contributed by atoms with Crippen molar-refractivity contribution in [2.24, 2.45) is 0 Å².